The van der Waals surface area contributed by atoms with Gasteiger partial charge in [0.2, 0.25) is 0 Å². The molecule has 1 N–H and O–H groups in total. The molecule has 3 rings (SSSR count). The molecule has 0 fully saturated rings. The number of ether oxygens (including phenoxy) is 1. The van der Waals surface area contributed by atoms with Gasteiger partial charge in [-0.25, -0.2) is 0 Å². The Bertz CT molecular complexity index is 958. The number of anilines is 2. The van der Waals surface area contributed by atoms with Crippen LogP contribution in [0.1, 0.15) is 24.2 Å². The average Bonchev–Trinajstić information content (AvgIpc) is 2.76. The quantitative estimate of drug-likeness (QED) is 0.635. The lowest BCUT2D eigenvalue weighted by molar-refractivity contribution is -0.122. The number of hydrogen-bond donors (Lipinski definition) is 1. The van der Waals surface area contributed by atoms with Gasteiger partial charge >= 0.3 is 0 Å². The van der Waals surface area contributed by atoms with E-state index in [0.717, 1.165) is 5.69 Å². The van der Waals surface area contributed by atoms with Crippen molar-refractivity contribution < 1.29 is 14.3 Å². The van der Waals surface area contributed by atoms with E-state index in [-0.39, 0.29) is 11.8 Å². The number of hydrogen-bond acceptors (Lipinski definition) is 3. The van der Waals surface area contributed by atoms with Crippen LogP contribution in [-0.4, -0.2) is 24.5 Å². The van der Waals surface area contributed by atoms with Gasteiger partial charge in [-0.05, 0) is 56.3 Å². The molecule has 0 aliphatic heterocycles. The molecular formula is C24H24N2O3. The fourth-order valence-corrected chi connectivity index (χ4v) is 2.94. The Morgan fingerprint density at radius 2 is 1.59 bits per heavy atom. The lowest BCUT2D eigenvalue weighted by atomic mass is 10.1. The summed E-state index contributed by atoms with van der Waals surface area (Å²) >= 11 is 0. The number of rotatable bonds is 7. The van der Waals surface area contributed by atoms with Crippen molar-refractivity contribution in [3.8, 4) is 5.75 Å². The van der Waals surface area contributed by atoms with Crippen LogP contribution in [0.15, 0.2) is 84.9 Å². The summed E-state index contributed by atoms with van der Waals surface area (Å²) in [6.45, 7) is 4.16. The number of benzene rings is 3. The van der Waals surface area contributed by atoms with Gasteiger partial charge in [0, 0.05) is 23.5 Å². The maximum Gasteiger partial charge on any atom is 0.265 e. The van der Waals surface area contributed by atoms with Crippen LogP contribution in [0, 0.1) is 0 Å². The zero-order valence-electron chi connectivity index (χ0n) is 16.5. The van der Waals surface area contributed by atoms with Gasteiger partial charge in [0.1, 0.15) is 5.75 Å². The maximum absolute atomic E-state index is 13.0. The van der Waals surface area contributed by atoms with Gasteiger partial charge in [-0.3, -0.25) is 9.59 Å². The maximum atomic E-state index is 13.0. The fourth-order valence-electron chi connectivity index (χ4n) is 2.94. The normalized spacial score (nSPS) is 11.4. The summed E-state index contributed by atoms with van der Waals surface area (Å²) in [6, 6.07) is 25.6. The van der Waals surface area contributed by atoms with E-state index in [0.29, 0.717) is 23.5 Å². The molecule has 1 atom stereocenters. The van der Waals surface area contributed by atoms with E-state index >= 15 is 0 Å². The minimum Gasteiger partial charge on any atom is -0.481 e. The van der Waals surface area contributed by atoms with Crippen molar-refractivity contribution >= 4 is 23.2 Å². The fraction of sp³-hybridized carbons (Fsp3) is 0.167. The minimum absolute atomic E-state index is 0.122. The van der Waals surface area contributed by atoms with E-state index in [4.69, 9.17) is 4.74 Å². The Morgan fingerprint density at radius 3 is 2.24 bits per heavy atom. The lowest BCUT2D eigenvalue weighted by Crippen LogP contribution is -2.31. The number of amides is 2. The van der Waals surface area contributed by atoms with E-state index in [9.17, 15) is 9.59 Å². The van der Waals surface area contributed by atoms with Crippen molar-refractivity contribution in [2.75, 3.05) is 16.8 Å². The minimum atomic E-state index is -0.673. The third kappa shape index (κ3) is 5.23. The smallest absolute Gasteiger partial charge is 0.265 e. The molecule has 0 heterocycles. The number of carbonyl (C=O) groups is 2. The molecule has 3 aromatic rings. The molecule has 0 aliphatic carbocycles. The number of para-hydroxylation sites is 2. The van der Waals surface area contributed by atoms with Gasteiger partial charge in [-0.1, -0.05) is 42.5 Å². The van der Waals surface area contributed by atoms with Gasteiger partial charge in [-0.15, -0.1) is 0 Å². The SMILES string of the molecule is CCN(C(=O)c1cccc(NC(=O)C(C)Oc2ccccc2)c1)c1ccccc1. The van der Waals surface area contributed by atoms with Gasteiger partial charge < -0.3 is 15.0 Å². The van der Waals surface area contributed by atoms with E-state index < -0.39 is 6.10 Å². The second-order valence-corrected chi connectivity index (χ2v) is 6.53. The van der Waals surface area contributed by atoms with Crippen LogP contribution in [0.4, 0.5) is 11.4 Å². The van der Waals surface area contributed by atoms with Gasteiger partial charge in [0.15, 0.2) is 6.10 Å². The molecule has 0 aliphatic rings. The molecule has 0 aromatic heterocycles. The second kappa shape index (κ2) is 9.55. The molecule has 0 radical (unpaired) electrons. The summed E-state index contributed by atoms with van der Waals surface area (Å²) in [6.07, 6.45) is -0.673. The van der Waals surface area contributed by atoms with E-state index in [1.165, 1.54) is 0 Å². The van der Waals surface area contributed by atoms with Crippen LogP contribution in [-0.2, 0) is 4.79 Å². The van der Waals surface area contributed by atoms with Crippen molar-refractivity contribution in [2.24, 2.45) is 0 Å². The first-order valence-electron chi connectivity index (χ1n) is 9.58. The number of carbonyl (C=O) groups excluding carboxylic acids is 2. The Labute approximate surface area is 170 Å². The van der Waals surface area contributed by atoms with Crippen molar-refractivity contribution in [2.45, 2.75) is 20.0 Å². The number of nitrogens with one attached hydrogen (secondary N) is 1. The van der Waals surface area contributed by atoms with Gasteiger partial charge in [0.05, 0.1) is 0 Å². The molecule has 148 valence electrons. The van der Waals surface area contributed by atoms with Crippen LogP contribution in [0.5, 0.6) is 5.75 Å². The predicted octanol–water partition coefficient (Wildman–Crippen LogP) is 4.76. The average molecular weight is 388 g/mol. The summed E-state index contributed by atoms with van der Waals surface area (Å²) in [5.41, 5.74) is 1.89. The Balaban J connectivity index is 1.70. The molecule has 0 spiro atoms. The van der Waals surface area contributed by atoms with Gasteiger partial charge in [-0.2, -0.15) is 0 Å². The highest BCUT2D eigenvalue weighted by molar-refractivity contribution is 6.07. The molecule has 2 amide bonds. The van der Waals surface area contributed by atoms with Crippen molar-refractivity contribution in [1.29, 1.82) is 0 Å². The first-order valence-corrected chi connectivity index (χ1v) is 9.58. The monoisotopic (exact) mass is 388 g/mol. The highest BCUT2D eigenvalue weighted by Gasteiger charge is 2.18. The molecule has 5 heteroatoms. The van der Waals surface area contributed by atoms with Crippen LogP contribution < -0.4 is 15.0 Å². The van der Waals surface area contributed by atoms with Crippen molar-refractivity contribution in [3.63, 3.8) is 0 Å². The third-order valence-electron chi connectivity index (χ3n) is 4.43. The largest absolute Gasteiger partial charge is 0.481 e. The summed E-state index contributed by atoms with van der Waals surface area (Å²) < 4.78 is 5.65. The van der Waals surface area contributed by atoms with E-state index in [1.807, 2.05) is 55.5 Å². The van der Waals surface area contributed by atoms with Crippen molar-refractivity contribution in [3.05, 3.63) is 90.5 Å². The molecule has 0 saturated heterocycles. The van der Waals surface area contributed by atoms with Crippen LogP contribution in [0.25, 0.3) is 0 Å². The summed E-state index contributed by atoms with van der Waals surface area (Å²) in [5, 5.41) is 2.82. The first kappa shape index (κ1) is 20.1. The molecule has 0 saturated carbocycles. The zero-order valence-corrected chi connectivity index (χ0v) is 16.5. The highest BCUT2D eigenvalue weighted by atomic mass is 16.5. The highest BCUT2D eigenvalue weighted by Crippen LogP contribution is 2.19. The molecule has 29 heavy (non-hydrogen) atoms. The molecule has 1 unspecified atom stereocenters. The summed E-state index contributed by atoms with van der Waals surface area (Å²) in [7, 11) is 0. The molecule has 3 aromatic carbocycles. The first-order chi connectivity index (χ1) is 14.1. The predicted molar refractivity (Wildman–Crippen MR) is 115 cm³/mol. The standard InChI is InChI=1S/C24H24N2O3/c1-3-26(21-13-6-4-7-14-21)24(28)19-11-10-12-20(17-19)25-23(27)18(2)29-22-15-8-5-9-16-22/h4-18H,3H2,1-2H3,(H,25,27). The number of nitrogens with zero attached hydrogens (tertiary/aromatic N) is 1. The van der Waals surface area contributed by atoms with Crippen LogP contribution in [0.3, 0.4) is 0 Å². The molecule has 5 nitrogen and oxygen atoms in total. The zero-order chi connectivity index (χ0) is 20.6. The van der Waals surface area contributed by atoms with E-state index in [2.05, 4.69) is 5.32 Å². The lowest BCUT2D eigenvalue weighted by Gasteiger charge is -2.21. The Kier molecular flexibility index (Phi) is 6.63. The Morgan fingerprint density at radius 1 is 0.931 bits per heavy atom. The topological polar surface area (TPSA) is 58.6 Å². The van der Waals surface area contributed by atoms with E-state index in [1.54, 1.807) is 48.2 Å². The molecular weight excluding hydrogens is 364 g/mol. The summed E-state index contributed by atoms with van der Waals surface area (Å²) in [5.74, 6) is 0.220. The third-order valence-corrected chi connectivity index (χ3v) is 4.43. The summed E-state index contributed by atoms with van der Waals surface area (Å²) in [4.78, 5) is 27.2. The molecule has 0 bridgehead atoms. The van der Waals surface area contributed by atoms with Crippen LogP contribution in [0.2, 0.25) is 0 Å². The van der Waals surface area contributed by atoms with Gasteiger partial charge in [0.25, 0.3) is 11.8 Å². The second-order valence-electron chi connectivity index (χ2n) is 6.53. The van der Waals surface area contributed by atoms with Crippen molar-refractivity contribution in [1.82, 2.24) is 0 Å². The van der Waals surface area contributed by atoms with Crippen LogP contribution >= 0.6 is 0 Å². The Hall–Kier alpha value is -3.60.